The molecule has 13 N–H and O–H groups in total. The Morgan fingerprint density at radius 3 is 0.904 bits per heavy atom. The highest BCUT2D eigenvalue weighted by Gasteiger charge is 2.50. The molecule has 0 saturated carbocycles. The van der Waals surface area contributed by atoms with E-state index in [2.05, 4.69) is 74.8 Å². The van der Waals surface area contributed by atoms with Gasteiger partial charge in [-0.15, -0.1) is 0 Å². The Labute approximate surface area is 859 Å². The molecule has 7 unspecified atom stereocenters. The molecule has 0 spiro atoms. The van der Waals surface area contributed by atoms with E-state index in [-0.39, 0.29) is 112 Å². The van der Waals surface area contributed by atoms with Crippen LogP contribution in [0.15, 0.2) is 88.4 Å². The number of rotatable bonds is 41. The fourth-order valence-electron chi connectivity index (χ4n) is 17.3. The van der Waals surface area contributed by atoms with Gasteiger partial charge in [0.1, 0.15) is 173 Å². The van der Waals surface area contributed by atoms with Crippen molar-refractivity contribution in [2.24, 2.45) is 0 Å². The molecule has 28 atom stereocenters. The highest BCUT2D eigenvalue weighted by atomic mass is 32.7. The number of H-pyrrole nitrogens is 1. The SMILES string of the molecule is CC[C@H]1O[C@@H](n2cnc3c(N)ncnc32)C[C@H]1OP([O-])(=S)OC[C@H]1O[C@@H](n2cnc3c(N)ncnc32)C[C@H]1OP(=O)([S-])OC[C@H]1O[C@@H](n2cnc3c(N)ncnc32)C[C@H]1OP([O-])(=S)OC[C@H]1O[C@@H](n2cc(C)c(N)nc2=O)C[C@H]1OP([O-])(=S)OC[C@H]1O[C@@H](n2cc(C)c(=O)[nH]c2=O)C[C@H]1OP([O-])(=S)OC[C@H]1O[C@@H](n2cc(C)c(N)nc2=O)C[C@H]1OP([O-])(=S)OC[C@H]1O[C@@H](n2cnc3c(N)ncnc32)C[C@H]1OP([O-])(=S)CC. The van der Waals surface area contributed by atoms with Gasteiger partial charge in [0.2, 0.25) is 0 Å². The van der Waals surface area contributed by atoms with Gasteiger partial charge in [-0.2, -0.15) is 9.97 Å². The monoisotopic (exact) mass is 2300 g/mol. The largest absolute Gasteiger partial charge is 0.801 e. The molecule has 7 fully saturated rings. The Kier molecular flexibility index (Phi) is 32.6. The minimum Gasteiger partial charge on any atom is -0.801 e. The van der Waals surface area contributed by atoms with Crippen LogP contribution in [-0.4, -0.2) is 238 Å². The minimum absolute atomic E-state index is 0.00673. The number of ether oxygens (including phenoxy) is 7. The second kappa shape index (κ2) is 43.8. The molecule has 0 bridgehead atoms. The molecule has 0 aliphatic carbocycles. The van der Waals surface area contributed by atoms with E-state index in [1.165, 1.54) is 84.2 Å². The summed E-state index contributed by atoms with van der Waals surface area (Å²) in [5, 5.41) is 0. The quantitative estimate of drug-likeness (QED) is 0.0184. The summed E-state index contributed by atoms with van der Waals surface area (Å²) in [5.74, 6) is -0.0217. The van der Waals surface area contributed by atoms with E-state index < -0.39 is 251 Å². The molecular formula is C73H90N28O31P7S7-7. The first-order valence-corrected chi connectivity index (χ1v) is 62.4. The van der Waals surface area contributed by atoms with Crippen LogP contribution in [0.25, 0.3) is 44.7 Å². The molecule has 11 aromatic heterocycles. The summed E-state index contributed by atoms with van der Waals surface area (Å²) < 4.78 is 146. The first-order chi connectivity index (χ1) is 69.1. The number of fused-ring (bicyclic) bond motifs is 4. The number of nitrogens with one attached hydrogen (secondary N) is 1. The molecule has 7 aliphatic rings. The number of hydrogen-bond donors (Lipinski definition) is 7. The molecule has 7 saturated heterocycles. The first kappa shape index (κ1) is 109. The second-order valence-electron chi connectivity index (χ2n) is 34.2. The highest BCUT2D eigenvalue weighted by Crippen LogP contribution is 2.57. The summed E-state index contributed by atoms with van der Waals surface area (Å²) in [6.45, 7) is -29.7. The molecule has 18 rings (SSSR count). The van der Waals surface area contributed by atoms with Crippen molar-refractivity contribution >= 4 is 210 Å². The summed E-state index contributed by atoms with van der Waals surface area (Å²) in [6, 6.07) is 0. The number of aromatic nitrogens is 22. The third kappa shape index (κ3) is 24.5. The van der Waals surface area contributed by atoms with Crippen molar-refractivity contribution in [2.75, 3.05) is 80.2 Å². The van der Waals surface area contributed by atoms with E-state index in [9.17, 15) is 48.2 Å². The van der Waals surface area contributed by atoms with Crippen molar-refractivity contribution in [3.05, 3.63) is 128 Å². The first-order valence-electron chi connectivity index (χ1n) is 44.3. The van der Waals surface area contributed by atoms with Gasteiger partial charge in [-0.3, -0.25) is 46.3 Å². The molecular weight excluding hydrogens is 2210 g/mol. The van der Waals surface area contributed by atoms with E-state index in [1.54, 1.807) is 18.4 Å². The lowest BCUT2D eigenvalue weighted by Crippen LogP contribution is -2.34. The number of anilines is 6. The third-order valence-corrected chi connectivity index (χ3v) is 36.3. The smallest absolute Gasteiger partial charge is 0.351 e. The van der Waals surface area contributed by atoms with Gasteiger partial charge in [0.05, 0.1) is 114 Å². The molecule has 0 aromatic carbocycles. The lowest BCUT2D eigenvalue weighted by molar-refractivity contribution is -0.221. The Balaban J connectivity index is 0.555. The van der Waals surface area contributed by atoms with Crippen molar-refractivity contribution in [3.8, 4) is 0 Å². The molecule has 59 nitrogen and oxygen atoms in total. The average molecular weight is 2300 g/mol. The summed E-state index contributed by atoms with van der Waals surface area (Å²) >= 11 is 38.6. The Morgan fingerprint density at radius 1 is 0.356 bits per heavy atom. The van der Waals surface area contributed by atoms with Crippen molar-refractivity contribution in [2.45, 2.75) is 215 Å². The predicted octanol–water partition coefficient (Wildman–Crippen LogP) is -0.684. The molecule has 146 heavy (non-hydrogen) atoms. The van der Waals surface area contributed by atoms with Crippen LogP contribution in [0.5, 0.6) is 0 Å². The van der Waals surface area contributed by atoms with E-state index in [0.717, 1.165) is 26.2 Å². The van der Waals surface area contributed by atoms with Crippen LogP contribution >= 0.6 is 46.9 Å². The number of imidazole rings is 4. The molecule has 18 heterocycles. The zero-order chi connectivity index (χ0) is 104. The van der Waals surface area contributed by atoms with Gasteiger partial charge >= 0.3 is 17.1 Å². The zero-order valence-corrected chi connectivity index (χ0v) is 88.6. The molecule has 73 heteroatoms. The van der Waals surface area contributed by atoms with Crippen molar-refractivity contribution in [3.63, 3.8) is 0 Å². The number of nitrogens with two attached hydrogens (primary N) is 6. The number of hydrogen-bond acceptors (Lipinski definition) is 58. The van der Waals surface area contributed by atoms with E-state index in [1.807, 2.05) is 6.92 Å². The van der Waals surface area contributed by atoms with Gasteiger partial charge in [-0.25, -0.2) is 74.2 Å². The summed E-state index contributed by atoms with van der Waals surface area (Å²) in [7, 11) is 0. The van der Waals surface area contributed by atoms with Crippen LogP contribution < -0.4 is 86.4 Å². The van der Waals surface area contributed by atoms with Gasteiger partial charge in [0.25, 0.3) is 5.56 Å². The van der Waals surface area contributed by atoms with Crippen LogP contribution in [-0.2, 0) is 180 Å². The predicted molar refractivity (Wildman–Crippen MR) is 521 cm³/mol. The Hall–Kier alpha value is -7.12. The number of nitrogen functional groups attached to an aromatic ring is 6. The summed E-state index contributed by atoms with van der Waals surface area (Å²) in [4.78, 5) is 201. The van der Waals surface area contributed by atoms with Gasteiger partial charge in [0, 0.05) is 80.2 Å². The van der Waals surface area contributed by atoms with Gasteiger partial charge < -0.3 is 168 Å². The van der Waals surface area contributed by atoms with Crippen molar-refractivity contribution in [1.29, 1.82) is 0 Å². The maximum absolute atomic E-state index is 15.1. The maximum atomic E-state index is 15.1. The lowest BCUT2D eigenvalue weighted by atomic mass is 10.1. The average Bonchev–Trinajstić information content (AvgIpc) is 1.73. The fourth-order valence-corrected chi connectivity index (χ4v) is 27.1. The van der Waals surface area contributed by atoms with E-state index >= 15 is 4.89 Å². The molecule has 0 radical (unpaired) electrons. The minimum atomic E-state index is -5.04. The van der Waals surface area contributed by atoms with E-state index in [4.69, 9.17) is 209 Å². The normalized spacial score (nSPS) is 29.5. The summed E-state index contributed by atoms with van der Waals surface area (Å²) in [6.07, 6.45) is -13.8. The van der Waals surface area contributed by atoms with Crippen LogP contribution in [0.3, 0.4) is 0 Å². The van der Waals surface area contributed by atoms with Crippen LogP contribution in [0, 0.1) is 20.8 Å². The van der Waals surface area contributed by atoms with Gasteiger partial charge in [-0.05, 0) is 39.8 Å². The van der Waals surface area contributed by atoms with E-state index in [0.29, 0.717) is 28.7 Å². The number of nitrogens with zero attached hydrogens (tertiary/aromatic N) is 21. The van der Waals surface area contributed by atoms with Gasteiger partial charge in [-0.1, -0.05) is 84.7 Å². The standard InChI is InChI=1S/C73H97N28O31P7S7/c1-6-35-36(8-52(119-35)98-28-88-56-62(76)80-24-84-66(56)98)127-134(107,141)114-22-47-41(13-54(124-47)100-30-90-58-64(78)82-26-86-68(58)100)132-139(112,146)118-23-48-42(14-55(125-48)101-31-91-59-65(79)83-27-87-69(59)101)131-138(111,145)117-20-45-39(11-50(121-45)96-16-33(4)61(75)93-72(96)104)129-136(109,143)116-21-46-40(12-51(122-46)97-17-34(5)70(102)94-73(97)105)130-137(110,144)115-19-44-38(10-49(120-44)95-15-32(3)60(74)92-71(95)103)128-135(108,142)113-18-43-37(126-133(106,140)7-2)9-53(123-43)99-29-89-57-63(77)81-25-85-67(57)99/h15-17,24-31,35-55H,6-14,18-23H2,1-5H3,(H,106,140)(H,107,141)(H,108,142)(H,109,143)(H,110,144)(H,111,145)(H,112,146)(H2,74,92,103)(H2,75,93,104)(H2,76,80,84)(H2,77,81,85)(H2,78,82,86)(H2,79,83,87)(H,94,102,105)/p-7/t35-,36-,37-,38-,39-,40-,41-,42-,43-,44-,45-,46-,47-,48-,49-,50-,51-,52-,53-,54-,55-,133?,134?,135?,136?,137?,138?,139?/m1/s1. The fraction of sp³-hybridized carbons (Fsp3) is 0.562. The van der Waals surface area contributed by atoms with Gasteiger partial charge in [0.15, 0.2) is 52.7 Å². The molecule has 11 aromatic rings. The lowest BCUT2D eigenvalue weighted by Gasteiger charge is -2.36. The Bertz CT molecular complexity index is 7390. The van der Waals surface area contributed by atoms with Crippen molar-refractivity contribution < 1.29 is 126 Å². The maximum Gasteiger partial charge on any atom is 0.351 e. The summed E-state index contributed by atoms with van der Waals surface area (Å²) in [5.41, 5.74) is 35.5. The van der Waals surface area contributed by atoms with Crippen LogP contribution in [0.1, 0.15) is 125 Å². The topological polar surface area (TPSA) is 795 Å². The third-order valence-electron chi connectivity index (χ3n) is 24.5. The molecule has 0 amide bonds. The number of aryl methyl sites for hydroxylation is 3. The molecule has 7 aliphatic heterocycles. The van der Waals surface area contributed by atoms with Crippen LogP contribution in [0.2, 0.25) is 0 Å². The highest BCUT2D eigenvalue weighted by molar-refractivity contribution is 8.32. The molecule has 792 valence electrons. The number of aromatic amines is 1. The van der Waals surface area contributed by atoms with Crippen LogP contribution in [0.4, 0.5) is 34.9 Å². The second-order valence-corrected chi connectivity index (χ2v) is 54.1. The Morgan fingerprint density at radius 2 is 0.610 bits per heavy atom. The van der Waals surface area contributed by atoms with Crippen molar-refractivity contribution in [1.82, 2.24) is 107 Å². The zero-order valence-electron chi connectivity index (χ0n) is 76.6.